The number of thiazole rings is 1. The lowest BCUT2D eigenvalue weighted by Gasteiger charge is -2.11. The van der Waals surface area contributed by atoms with Gasteiger partial charge in [-0.15, -0.1) is 11.3 Å². The molecule has 0 bridgehead atoms. The van der Waals surface area contributed by atoms with E-state index in [1.165, 1.54) is 17.5 Å². The minimum absolute atomic E-state index is 0.301. The van der Waals surface area contributed by atoms with Gasteiger partial charge in [0.15, 0.2) is 0 Å². The molecule has 6 heteroatoms. The van der Waals surface area contributed by atoms with Gasteiger partial charge in [0.1, 0.15) is 5.82 Å². The third kappa shape index (κ3) is 2.94. The van der Waals surface area contributed by atoms with Crippen molar-refractivity contribution < 1.29 is 5.11 Å². The third-order valence-corrected chi connectivity index (χ3v) is 3.51. The molecule has 1 unspecified atom stereocenters. The molecule has 1 atom stereocenters. The van der Waals surface area contributed by atoms with Gasteiger partial charge in [-0.25, -0.2) is 9.97 Å². The van der Waals surface area contributed by atoms with Gasteiger partial charge in [0.2, 0.25) is 0 Å². The van der Waals surface area contributed by atoms with E-state index < -0.39 is 6.10 Å². The lowest BCUT2D eigenvalue weighted by atomic mass is 10.1. The van der Waals surface area contributed by atoms with Crippen molar-refractivity contribution in [2.45, 2.75) is 19.4 Å². The Kier molecular flexibility index (Phi) is 3.61. The SMILES string of the molecule is Cc1csc(CC(O)c2cc(Cl)cnc2N)n1. The highest BCUT2D eigenvalue weighted by Gasteiger charge is 2.15. The first-order chi connectivity index (χ1) is 8.06. The normalized spacial score (nSPS) is 12.6. The highest BCUT2D eigenvalue weighted by Crippen LogP contribution is 2.25. The van der Waals surface area contributed by atoms with E-state index in [2.05, 4.69) is 9.97 Å². The van der Waals surface area contributed by atoms with E-state index in [1.807, 2.05) is 12.3 Å². The Bertz CT molecular complexity index is 529. The summed E-state index contributed by atoms with van der Waals surface area (Å²) in [6, 6.07) is 1.63. The molecule has 3 N–H and O–H groups in total. The number of nitrogen functional groups attached to an aromatic ring is 1. The topological polar surface area (TPSA) is 72.0 Å². The molecule has 4 nitrogen and oxygen atoms in total. The minimum Gasteiger partial charge on any atom is -0.388 e. The minimum atomic E-state index is -0.730. The van der Waals surface area contributed by atoms with Gasteiger partial charge in [0, 0.05) is 29.3 Å². The van der Waals surface area contributed by atoms with Crippen LogP contribution in [0, 0.1) is 6.92 Å². The molecular weight excluding hydrogens is 258 g/mol. The molecule has 0 fully saturated rings. The molecular formula is C11H12ClN3OS. The number of aliphatic hydroxyl groups is 1. The Morgan fingerprint density at radius 1 is 1.59 bits per heavy atom. The first kappa shape index (κ1) is 12.3. The quantitative estimate of drug-likeness (QED) is 0.897. The maximum Gasteiger partial charge on any atom is 0.129 e. The van der Waals surface area contributed by atoms with Gasteiger partial charge in [0.05, 0.1) is 16.1 Å². The summed E-state index contributed by atoms with van der Waals surface area (Å²) in [7, 11) is 0. The van der Waals surface area contributed by atoms with Crippen molar-refractivity contribution in [2.75, 3.05) is 5.73 Å². The van der Waals surface area contributed by atoms with Gasteiger partial charge in [-0.2, -0.15) is 0 Å². The Labute approximate surface area is 108 Å². The number of aryl methyl sites for hydroxylation is 1. The fourth-order valence-corrected chi connectivity index (χ4v) is 2.48. The van der Waals surface area contributed by atoms with Crippen LogP contribution in [0.1, 0.15) is 22.4 Å². The summed E-state index contributed by atoms with van der Waals surface area (Å²) < 4.78 is 0. The Morgan fingerprint density at radius 2 is 2.35 bits per heavy atom. The molecule has 2 heterocycles. The van der Waals surface area contributed by atoms with Crippen molar-refractivity contribution in [1.29, 1.82) is 0 Å². The van der Waals surface area contributed by atoms with Crippen LogP contribution in [0.2, 0.25) is 5.02 Å². The predicted molar refractivity (Wildman–Crippen MR) is 69.2 cm³/mol. The molecule has 0 aromatic carbocycles. The molecule has 0 aliphatic rings. The first-order valence-electron chi connectivity index (χ1n) is 5.06. The highest BCUT2D eigenvalue weighted by molar-refractivity contribution is 7.09. The largest absolute Gasteiger partial charge is 0.388 e. The highest BCUT2D eigenvalue weighted by atomic mass is 35.5. The van der Waals surface area contributed by atoms with Crippen LogP contribution in [-0.4, -0.2) is 15.1 Å². The Hall–Kier alpha value is -1.17. The van der Waals surface area contributed by atoms with Crippen LogP contribution in [0.25, 0.3) is 0 Å². The zero-order chi connectivity index (χ0) is 12.4. The summed E-state index contributed by atoms with van der Waals surface area (Å²) in [5.74, 6) is 0.301. The van der Waals surface area contributed by atoms with Crippen LogP contribution >= 0.6 is 22.9 Å². The van der Waals surface area contributed by atoms with Crippen LogP contribution in [0.3, 0.4) is 0 Å². The number of aromatic nitrogens is 2. The van der Waals surface area contributed by atoms with Crippen LogP contribution in [0.15, 0.2) is 17.6 Å². The van der Waals surface area contributed by atoms with Gasteiger partial charge in [0.25, 0.3) is 0 Å². The van der Waals surface area contributed by atoms with Crippen LogP contribution in [0.5, 0.6) is 0 Å². The van der Waals surface area contributed by atoms with Crippen LogP contribution in [0.4, 0.5) is 5.82 Å². The molecule has 0 spiro atoms. The first-order valence-corrected chi connectivity index (χ1v) is 6.32. The summed E-state index contributed by atoms with van der Waals surface area (Å²) in [6.07, 6.45) is 1.15. The molecule has 90 valence electrons. The van der Waals surface area contributed by atoms with E-state index in [0.29, 0.717) is 22.8 Å². The van der Waals surface area contributed by atoms with E-state index in [1.54, 1.807) is 6.07 Å². The maximum absolute atomic E-state index is 10.1. The number of rotatable bonds is 3. The van der Waals surface area contributed by atoms with E-state index >= 15 is 0 Å². The fraction of sp³-hybridized carbons (Fsp3) is 0.273. The fourth-order valence-electron chi connectivity index (χ4n) is 1.50. The number of anilines is 1. The van der Waals surface area contributed by atoms with E-state index in [4.69, 9.17) is 17.3 Å². The van der Waals surface area contributed by atoms with Gasteiger partial charge in [-0.3, -0.25) is 0 Å². The lowest BCUT2D eigenvalue weighted by molar-refractivity contribution is 0.179. The molecule has 2 aromatic heterocycles. The molecule has 17 heavy (non-hydrogen) atoms. The monoisotopic (exact) mass is 269 g/mol. The Morgan fingerprint density at radius 3 is 3.00 bits per heavy atom. The van der Waals surface area contributed by atoms with Crippen LogP contribution < -0.4 is 5.73 Å². The second-order valence-electron chi connectivity index (χ2n) is 3.73. The zero-order valence-corrected chi connectivity index (χ0v) is 10.8. The van der Waals surface area contributed by atoms with Crippen LogP contribution in [-0.2, 0) is 6.42 Å². The summed E-state index contributed by atoms with van der Waals surface area (Å²) in [5, 5.41) is 13.4. The number of hydrogen-bond donors (Lipinski definition) is 2. The molecule has 0 saturated carbocycles. The number of halogens is 1. The summed E-state index contributed by atoms with van der Waals surface area (Å²) in [5.41, 5.74) is 7.20. The smallest absolute Gasteiger partial charge is 0.129 e. The maximum atomic E-state index is 10.1. The second-order valence-corrected chi connectivity index (χ2v) is 5.11. The number of nitrogens with zero attached hydrogens (tertiary/aromatic N) is 2. The summed E-state index contributed by atoms with van der Waals surface area (Å²) in [4.78, 5) is 8.21. The van der Waals surface area contributed by atoms with E-state index in [0.717, 1.165) is 10.7 Å². The average Bonchev–Trinajstić information content (AvgIpc) is 2.67. The lowest BCUT2D eigenvalue weighted by Crippen LogP contribution is -2.06. The second kappa shape index (κ2) is 5.00. The van der Waals surface area contributed by atoms with Crippen molar-refractivity contribution in [3.63, 3.8) is 0 Å². The molecule has 2 aromatic rings. The summed E-state index contributed by atoms with van der Waals surface area (Å²) >= 11 is 7.34. The standard InChI is InChI=1S/C11H12ClN3OS/c1-6-5-17-10(15-6)3-9(16)8-2-7(12)4-14-11(8)13/h2,4-5,9,16H,3H2,1H3,(H2,13,14). The van der Waals surface area contributed by atoms with Gasteiger partial charge >= 0.3 is 0 Å². The molecule has 0 amide bonds. The van der Waals surface area contributed by atoms with E-state index in [9.17, 15) is 5.11 Å². The molecule has 0 aliphatic heterocycles. The summed E-state index contributed by atoms with van der Waals surface area (Å²) in [6.45, 7) is 1.92. The number of pyridine rings is 1. The number of nitrogens with two attached hydrogens (primary N) is 1. The van der Waals surface area contributed by atoms with Crippen molar-refractivity contribution in [3.8, 4) is 0 Å². The molecule has 0 aliphatic carbocycles. The van der Waals surface area contributed by atoms with Crippen molar-refractivity contribution >= 4 is 28.8 Å². The molecule has 2 rings (SSSR count). The third-order valence-electron chi connectivity index (χ3n) is 2.31. The average molecular weight is 270 g/mol. The zero-order valence-electron chi connectivity index (χ0n) is 9.22. The Balaban J connectivity index is 2.19. The van der Waals surface area contributed by atoms with Crippen molar-refractivity contribution in [3.05, 3.63) is 38.9 Å². The van der Waals surface area contributed by atoms with Gasteiger partial charge in [-0.05, 0) is 13.0 Å². The van der Waals surface area contributed by atoms with Crippen molar-refractivity contribution in [2.24, 2.45) is 0 Å². The van der Waals surface area contributed by atoms with Crippen molar-refractivity contribution in [1.82, 2.24) is 9.97 Å². The van der Waals surface area contributed by atoms with Gasteiger partial charge < -0.3 is 10.8 Å². The number of aliphatic hydroxyl groups excluding tert-OH is 1. The molecule has 0 saturated heterocycles. The van der Waals surface area contributed by atoms with E-state index in [-0.39, 0.29) is 0 Å². The predicted octanol–water partition coefficient (Wildman–Crippen LogP) is 2.36. The van der Waals surface area contributed by atoms with Gasteiger partial charge in [-0.1, -0.05) is 11.6 Å². The molecule has 0 radical (unpaired) electrons. The number of hydrogen-bond acceptors (Lipinski definition) is 5.